The lowest BCUT2D eigenvalue weighted by atomic mass is 10.1. The zero-order valence-corrected chi connectivity index (χ0v) is 13.3. The van der Waals surface area contributed by atoms with Gasteiger partial charge in [0.2, 0.25) is 0 Å². The molecule has 7 nitrogen and oxygen atoms in total. The Hall–Kier alpha value is -3.14. The Bertz CT molecular complexity index is 920. The largest absolute Gasteiger partial charge is 0.382 e. The number of aryl methyl sites for hydroxylation is 2. The average Bonchev–Trinajstić information content (AvgIpc) is 2.95. The lowest BCUT2D eigenvalue weighted by Gasteiger charge is -2.21. The first kappa shape index (κ1) is 14.8. The van der Waals surface area contributed by atoms with Crippen molar-refractivity contribution in [3.8, 4) is 6.07 Å². The average molecular weight is 307 g/mol. The van der Waals surface area contributed by atoms with Gasteiger partial charge in [-0.2, -0.15) is 5.26 Å². The molecular weight excluding hydrogens is 290 g/mol. The standard InChI is InChI=1S/C16H17N7/c1-4-10-5-11(7-17)19-8-13(10)23(3)14-6-12-15(16(18)21-14)20-9-22(12)2/h5-6,8-9H,4H2,1-3H3,(H2,18,21). The molecular formula is C16H17N7. The minimum Gasteiger partial charge on any atom is -0.382 e. The topological polar surface area (TPSA) is 96.7 Å². The van der Waals surface area contributed by atoms with Crippen molar-refractivity contribution in [2.24, 2.45) is 7.05 Å². The van der Waals surface area contributed by atoms with Crippen LogP contribution in [0, 0.1) is 11.3 Å². The highest BCUT2D eigenvalue weighted by Gasteiger charge is 2.15. The van der Waals surface area contributed by atoms with Gasteiger partial charge in [0.25, 0.3) is 0 Å². The molecule has 7 heteroatoms. The molecule has 0 atom stereocenters. The number of anilines is 3. The predicted molar refractivity (Wildman–Crippen MR) is 89.3 cm³/mol. The smallest absolute Gasteiger partial charge is 0.154 e. The number of nitriles is 1. The Kier molecular flexibility index (Phi) is 3.58. The zero-order valence-electron chi connectivity index (χ0n) is 13.3. The minimum atomic E-state index is 0.393. The first-order valence-corrected chi connectivity index (χ1v) is 7.25. The van der Waals surface area contributed by atoms with Crippen LogP contribution in [-0.4, -0.2) is 26.6 Å². The van der Waals surface area contributed by atoms with E-state index in [1.54, 1.807) is 18.6 Å². The number of pyridine rings is 2. The van der Waals surface area contributed by atoms with Crippen LogP contribution in [0.4, 0.5) is 17.3 Å². The van der Waals surface area contributed by atoms with Crippen LogP contribution in [0.5, 0.6) is 0 Å². The Balaban J connectivity index is 2.12. The molecule has 0 saturated carbocycles. The van der Waals surface area contributed by atoms with Crippen molar-refractivity contribution in [2.75, 3.05) is 17.7 Å². The van der Waals surface area contributed by atoms with Crippen molar-refractivity contribution in [3.63, 3.8) is 0 Å². The summed E-state index contributed by atoms with van der Waals surface area (Å²) >= 11 is 0. The number of rotatable bonds is 3. The van der Waals surface area contributed by atoms with E-state index in [1.807, 2.05) is 36.6 Å². The summed E-state index contributed by atoms with van der Waals surface area (Å²) in [5, 5.41) is 9.00. The molecule has 0 unspecified atom stereocenters. The fourth-order valence-corrected chi connectivity index (χ4v) is 2.57. The lowest BCUT2D eigenvalue weighted by Crippen LogP contribution is -2.15. The first-order valence-electron chi connectivity index (χ1n) is 7.25. The summed E-state index contributed by atoms with van der Waals surface area (Å²) in [6.45, 7) is 2.04. The summed E-state index contributed by atoms with van der Waals surface area (Å²) in [6, 6.07) is 5.81. The monoisotopic (exact) mass is 307 g/mol. The van der Waals surface area contributed by atoms with Crippen molar-refractivity contribution in [2.45, 2.75) is 13.3 Å². The third-order valence-corrected chi connectivity index (χ3v) is 3.89. The summed E-state index contributed by atoms with van der Waals surface area (Å²) in [7, 11) is 3.82. The van der Waals surface area contributed by atoms with Gasteiger partial charge >= 0.3 is 0 Å². The zero-order chi connectivity index (χ0) is 16.6. The molecule has 0 bridgehead atoms. The van der Waals surface area contributed by atoms with Gasteiger partial charge in [-0.05, 0) is 18.1 Å². The number of fused-ring (bicyclic) bond motifs is 1. The van der Waals surface area contributed by atoms with E-state index < -0.39 is 0 Å². The van der Waals surface area contributed by atoms with Gasteiger partial charge in [0.15, 0.2) is 5.82 Å². The Labute approximate surface area is 134 Å². The van der Waals surface area contributed by atoms with E-state index in [1.165, 1.54) is 0 Å². The highest BCUT2D eigenvalue weighted by molar-refractivity contribution is 5.88. The molecule has 116 valence electrons. The van der Waals surface area contributed by atoms with Crippen molar-refractivity contribution < 1.29 is 0 Å². The van der Waals surface area contributed by atoms with E-state index >= 15 is 0 Å². The maximum Gasteiger partial charge on any atom is 0.154 e. The van der Waals surface area contributed by atoms with E-state index in [9.17, 15) is 0 Å². The van der Waals surface area contributed by atoms with Crippen molar-refractivity contribution >= 4 is 28.4 Å². The van der Waals surface area contributed by atoms with Crippen LogP contribution >= 0.6 is 0 Å². The fraction of sp³-hybridized carbons (Fsp3) is 0.250. The van der Waals surface area contributed by atoms with Crippen LogP contribution < -0.4 is 10.6 Å². The lowest BCUT2D eigenvalue weighted by molar-refractivity contribution is 0.946. The molecule has 3 aromatic heterocycles. The fourth-order valence-electron chi connectivity index (χ4n) is 2.57. The number of nitrogens with two attached hydrogens (primary N) is 1. The van der Waals surface area contributed by atoms with Gasteiger partial charge in [-0.1, -0.05) is 6.92 Å². The second-order valence-corrected chi connectivity index (χ2v) is 5.31. The number of hydrogen-bond acceptors (Lipinski definition) is 6. The SMILES string of the molecule is CCc1cc(C#N)ncc1N(C)c1cc2c(ncn2C)c(N)n1. The first-order chi connectivity index (χ1) is 11.0. The normalized spacial score (nSPS) is 10.7. The van der Waals surface area contributed by atoms with Crippen LogP contribution in [0.1, 0.15) is 18.2 Å². The number of imidazole rings is 1. The van der Waals surface area contributed by atoms with Crippen molar-refractivity contribution in [3.05, 3.63) is 35.9 Å². The maximum atomic E-state index is 9.00. The van der Waals surface area contributed by atoms with Gasteiger partial charge in [-0.15, -0.1) is 0 Å². The summed E-state index contributed by atoms with van der Waals surface area (Å²) in [5.41, 5.74) is 9.98. The third-order valence-electron chi connectivity index (χ3n) is 3.89. The van der Waals surface area contributed by atoms with Gasteiger partial charge in [-0.25, -0.2) is 15.0 Å². The highest BCUT2D eigenvalue weighted by atomic mass is 15.2. The Morgan fingerprint density at radius 1 is 1.35 bits per heavy atom. The van der Waals surface area contributed by atoms with Crippen LogP contribution in [0.2, 0.25) is 0 Å². The Morgan fingerprint density at radius 3 is 2.83 bits per heavy atom. The number of nitrogens with zero attached hydrogens (tertiary/aromatic N) is 6. The molecule has 0 fully saturated rings. The molecule has 0 aliphatic rings. The van der Waals surface area contributed by atoms with Crippen molar-refractivity contribution in [1.29, 1.82) is 5.26 Å². The second-order valence-electron chi connectivity index (χ2n) is 5.31. The molecule has 0 aliphatic carbocycles. The van der Waals surface area contributed by atoms with Crippen LogP contribution in [0.25, 0.3) is 11.0 Å². The molecule has 0 aliphatic heterocycles. The van der Waals surface area contributed by atoms with Gasteiger partial charge in [-0.3, -0.25) is 0 Å². The van der Waals surface area contributed by atoms with E-state index in [0.29, 0.717) is 22.8 Å². The third kappa shape index (κ3) is 2.44. The molecule has 0 radical (unpaired) electrons. The number of nitrogen functional groups attached to an aromatic ring is 1. The maximum absolute atomic E-state index is 9.00. The van der Waals surface area contributed by atoms with Gasteiger partial charge in [0.1, 0.15) is 23.1 Å². The van der Waals surface area contributed by atoms with Gasteiger partial charge in [0, 0.05) is 20.2 Å². The summed E-state index contributed by atoms with van der Waals surface area (Å²) in [6.07, 6.45) is 4.20. The molecule has 2 N–H and O–H groups in total. The van der Waals surface area contributed by atoms with Crippen LogP contribution in [-0.2, 0) is 13.5 Å². The quantitative estimate of drug-likeness (QED) is 0.796. The summed E-state index contributed by atoms with van der Waals surface area (Å²) in [4.78, 5) is 14.8. The number of aromatic nitrogens is 4. The molecule has 3 aromatic rings. The van der Waals surface area contributed by atoms with E-state index in [4.69, 9.17) is 11.0 Å². The number of hydrogen-bond donors (Lipinski definition) is 1. The summed E-state index contributed by atoms with van der Waals surface area (Å²) in [5.74, 6) is 1.10. The molecule has 0 spiro atoms. The van der Waals surface area contributed by atoms with E-state index in [2.05, 4.69) is 21.0 Å². The van der Waals surface area contributed by atoms with Crippen molar-refractivity contribution in [1.82, 2.24) is 19.5 Å². The molecule has 0 aromatic carbocycles. The highest BCUT2D eigenvalue weighted by Crippen LogP contribution is 2.29. The minimum absolute atomic E-state index is 0.393. The van der Waals surface area contributed by atoms with Gasteiger partial charge in [0.05, 0.1) is 23.7 Å². The van der Waals surface area contributed by atoms with E-state index in [0.717, 1.165) is 23.2 Å². The molecule has 0 amide bonds. The summed E-state index contributed by atoms with van der Waals surface area (Å²) < 4.78 is 1.91. The van der Waals surface area contributed by atoms with Crippen LogP contribution in [0.15, 0.2) is 24.7 Å². The molecule has 0 saturated heterocycles. The van der Waals surface area contributed by atoms with E-state index in [-0.39, 0.29) is 0 Å². The second kappa shape index (κ2) is 5.57. The Morgan fingerprint density at radius 2 is 2.13 bits per heavy atom. The predicted octanol–water partition coefficient (Wildman–Crippen LogP) is 2.15. The molecule has 23 heavy (non-hydrogen) atoms. The molecule has 3 heterocycles. The van der Waals surface area contributed by atoms with Gasteiger partial charge < -0.3 is 15.2 Å². The van der Waals surface area contributed by atoms with Crippen LogP contribution in [0.3, 0.4) is 0 Å². The molecule has 3 rings (SSSR count).